The van der Waals surface area contributed by atoms with Gasteiger partial charge in [0.1, 0.15) is 35.2 Å². The molecule has 0 spiro atoms. The molecular weight excluding hydrogens is 296 g/mol. The van der Waals surface area contributed by atoms with E-state index < -0.39 is 0 Å². The molecule has 2 saturated heterocycles. The van der Waals surface area contributed by atoms with Gasteiger partial charge in [0.2, 0.25) is 0 Å². The summed E-state index contributed by atoms with van der Waals surface area (Å²) in [6, 6.07) is 7.91. The first-order valence-corrected chi connectivity index (χ1v) is 8.18. The number of epoxide rings is 2. The van der Waals surface area contributed by atoms with Gasteiger partial charge in [-0.25, -0.2) is 0 Å². The van der Waals surface area contributed by atoms with Crippen molar-refractivity contribution in [3.8, 4) is 0 Å². The Balaban J connectivity index is 1.53. The molecule has 23 heavy (non-hydrogen) atoms. The van der Waals surface area contributed by atoms with Gasteiger partial charge in [-0.2, -0.15) is 0 Å². The van der Waals surface area contributed by atoms with Gasteiger partial charge in [-0.15, -0.1) is 0 Å². The second-order valence-electron chi connectivity index (χ2n) is 6.39. The van der Waals surface area contributed by atoms with Crippen LogP contribution in [0.15, 0.2) is 33.1 Å². The maximum absolute atomic E-state index is 6.40. The first-order valence-electron chi connectivity index (χ1n) is 8.18. The van der Waals surface area contributed by atoms with Crippen LogP contribution in [0, 0.1) is 13.8 Å². The average Bonchev–Trinajstić information content (AvgIpc) is 3.43. The standard InChI is InChI=1S/C18H22O5/c1-11-3-5-15(21-11)17(7-13-9-19-13)23-18(8-14-10-20-14)16-6-4-12(2)22-16/h3-6,13-14,17-18H,7-10H2,1-2H3. The number of ether oxygens (including phenoxy) is 3. The van der Waals surface area contributed by atoms with Crippen LogP contribution in [0.2, 0.25) is 0 Å². The van der Waals surface area contributed by atoms with E-state index in [9.17, 15) is 0 Å². The summed E-state index contributed by atoms with van der Waals surface area (Å²) in [6.45, 7) is 5.49. The zero-order valence-electron chi connectivity index (χ0n) is 13.5. The van der Waals surface area contributed by atoms with Crippen molar-refractivity contribution >= 4 is 0 Å². The Hall–Kier alpha value is -1.56. The molecule has 4 heterocycles. The van der Waals surface area contributed by atoms with Crippen molar-refractivity contribution in [1.29, 1.82) is 0 Å². The topological polar surface area (TPSA) is 60.6 Å². The van der Waals surface area contributed by atoms with Crippen LogP contribution in [0.5, 0.6) is 0 Å². The molecule has 4 atom stereocenters. The zero-order chi connectivity index (χ0) is 15.8. The molecule has 0 bridgehead atoms. The monoisotopic (exact) mass is 318 g/mol. The summed E-state index contributed by atoms with van der Waals surface area (Å²) in [5.41, 5.74) is 0. The van der Waals surface area contributed by atoms with Crippen molar-refractivity contribution in [2.24, 2.45) is 0 Å². The molecule has 0 aromatic carbocycles. The van der Waals surface area contributed by atoms with Crippen molar-refractivity contribution in [2.75, 3.05) is 13.2 Å². The van der Waals surface area contributed by atoms with E-state index in [1.807, 2.05) is 38.1 Å². The zero-order valence-corrected chi connectivity index (χ0v) is 13.5. The van der Waals surface area contributed by atoms with Gasteiger partial charge in [-0.05, 0) is 38.1 Å². The Morgan fingerprint density at radius 1 is 0.870 bits per heavy atom. The third kappa shape index (κ3) is 3.86. The summed E-state index contributed by atoms with van der Waals surface area (Å²) >= 11 is 0. The molecule has 2 aromatic rings. The van der Waals surface area contributed by atoms with Crippen molar-refractivity contribution in [2.45, 2.75) is 51.1 Å². The highest BCUT2D eigenvalue weighted by Crippen LogP contribution is 2.38. The number of rotatable bonds is 8. The molecule has 0 radical (unpaired) electrons. The molecule has 4 rings (SSSR count). The fourth-order valence-corrected chi connectivity index (χ4v) is 2.81. The van der Waals surface area contributed by atoms with Crippen molar-refractivity contribution in [3.63, 3.8) is 0 Å². The third-order valence-corrected chi connectivity index (χ3v) is 4.24. The van der Waals surface area contributed by atoms with Crippen LogP contribution < -0.4 is 0 Å². The first-order chi connectivity index (χ1) is 11.2. The van der Waals surface area contributed by atoms with Gasteiger partial charge >= 0.3 is 0 Å². The lowest BCUT2D eigenvalue weighted by molar-refractivity contribution is -0.0500. The number of hydrogen-bond acceptors (Lipinski definition) is 5. The van der Waals surface area contributed by atoms with Crippen LogP contribution >= 0.6 is 0 Å². The van der Waals surface area contributed by atoms with Gasteiger partial charge in [0.05, 0.1) is 25.4 Å². The molecule has 0 saturated carbocycles. The Morgan fingerprint density at radius 3 is 1.61 bits per heavy atom. The molecule has 2 aromatic heterocycles. The summed E-state index contributed by atoms with van der Waals surface area (Å²) < 4.78 is 28.8. The average molecular weight is 318 g/mol. The van der Waals surface area contributed by atoms with Gasteiger partial charge in [0.25, 0.3) is 0 Å². The van der Waals surface area contributed by atoms with Gasteiger partial charge in [0, 0.05) is 12.8 Å². The normalized spacial score (nSPS) is 25.3. The molecule has 124 valence electrons. The predicted molar refractivity (Wildman–Crippen MR) is 82.2 cm³/mol. The van der Waals surface area contributed by atoms with Crippen molar-refractivity contribution in [1.82, 2.24) is 0 Å². The van der Waals surface area contributed by atoms with E-state index in [0.29, 0.717) is 0 Å². The van der Waals surface area contributed by atoms with Crippen LogP contribution in [0.25, 0.3) is 0 Å². The minimum atomic E-state index is -0.134. The van der Waals surface area contributed by atoms with E-state index in [2.05, 4.69) is 0 Å². The van der Waals surface area contributed by atoms with Crippen LogP contribution in [0.3, 0.4) is 0 Å². The summed E-state index contributed by atoms with van der Waals surface area (Å²) in [5.74, 6) is 3.48. The summed E-state index contributed by atoms with van der Waals surface area (Å²) in [4.78, 5) is 0. The summed E-state index contributed by atoms with van der Waals surface area (Å²) in [7, 11) is 0. The minimum Gasteiger partial charge on any atom is -0.464 e. The molecule has 0 amide bonds. The Morgan fingerprint density at radius 2 is 1.30 bits per heavy atom. The molecule has 2 aliphatic rings. The van der Waals surface area contributed by atoms with E-state index in [0.717, 1.165) is 49.1 Å². The lowest BCUT2D eigenvalue weighted by Crippen LogP contribution is -2.13. The highest BCUT2D eigenvalue weighted by atomic mass is 16.6. The van der Waals surface area contributed by atoms with Gasteiger partial charge in [-0.1, -0.05) is 0 Å². The maximum atomic E-state index is 6.40. The fourth-order valence-electron chi connectivity index (χ4n) is 2.81. The van der Waals surface area contributed by atoms with Crippen LogP contribution in [-0.2, 0) is 14.2 Å². The molecule has 2 aliphatic heterocycles. The van der Waals surface area contributed by atoms with E-state index in [4.69, 9.17) is 23.0 Å². The second-order valence-corrected chi connectivity index (χ2v) is 6.39. The SMILES string of the molecule is Cc1ccc(C(CC2CO2)OC(CC2CO2)c2ccc(C)o2)o1. The Kier molecular flexibility index (Phi) is 4.01. The molecule has 5 nitrogen and oxygen atoms in total. The van der Waals surface area contributed by atoms with Gasteiger partial charge < -0.3 is 23.0 Å². The van der Waals surface area contributed by atoms with Crippen LogP contribution in [0.4, 0.5) is 0 Å². The van der Waals surface area contributed by atoms with Crippen LogP contribution in [0.1, 0.15) is 48.1 Å². The van der Waals surface area contributed by atoms with Gasteiger partial charge in [-0.3, -0.25) is 0 Å². The first kappa shape index (κ1) is 15.0. The second kappa shape index (κ2) is 6.15. The van der Waals surface area contributed by atoms with Gasteiger partial charge in [0.15, 0.2) is 0 Å². The molecule has 5 heteroatoms. The quantitative estimate of drug-likeness (QED) is 0.692. The Labute approximate surface area is 135 Å². The minimum absolute atomic E-state index is 0.134. The Bertz CT molecular complexity index is 594. The van der Waals surface area contributed by atoms with Crippen molar-refractivity contribution < 1.29 is 23.0 Å². The summed E-state index contributed by atoms with van der Waals surface area (Å²) in [5, 5.41) is 0. The molecular formula is C18H22O5. The highest BCUT2D eigenvalue weighted by Gasteiger charge is 2.35. The highest BCUT2D eigenvalue weighted by molar-refractivity contribution is 5.12. The van der Waals surface area contributed by atoms with E-state index in [1.54, 1.807) is 0 Å². The van der Waals surface area contributed by atoms with Crippen molar-refractivity contribution in [3.05, 3.63) is 47.3 Å². The molecule has 2 fully saturated rings. The molecule has 4 unspecified atom stereocenters. The van der Waals surface area contributed by atoms with E-state index in [1.165, 1.54) is 0 Å². The number of furan rings is 2. The summed E-state index contributed by atoms with van der Waals surface area (Å²) in [6.07, 6.45) is 1.86. The molecule has 0 aliphatic carbocycles. The molecule has 0 N–H and O–H groups in total. The fraction of sp³-hybridized carbons (Fsp3) is 0.556. The third-order valence-electron chi connectivity index (χ3n) is 4.24. The van der Waals surface area contributed by atoms with E-state index in [-0.39, 0.29) is 24.4 Å². The van der Waals surface area contributed by atoms with Crippen LogP contribution in [-0.4, -0.2) is 25.4 Å². The van der Waals surface area contributed by atoms with E-state index >= 15 is 0 Å². The lowest BCUT2D eigenvalue weighted by Gasteiger charge is -2.22. The number of aryl methyl sites for hydroxylation is 2. The largest absolute Gasteiger partial charge is 0.464 e. The lowest BCUT2D eigenvalue weighted by atomic mass is 10.1. The predicted octanol–water partition coefficient (Wildman–Crippen LogP) is 3.87. The smallest absolute Gasteiger partial charge is 0.133 e. The number of hydrogen-bond donors (Lipinski definition) is 0. The maximum Gasteiger partial charge on any atom is 0.133 e.